The molecule has 1 aromatic rings. The van der Waals surface area contributed by atoms with E-state index >= 15 is 0 Å². The van der Waals surface area contributed by atoms with E-state index in [1.807, 2.05) is 12.1 Å². The summed E-state index contributed by atoms with van der Waals surface area (Å²) in [6.07, 6.45) is 1.77. The zero-order valence-electron chi connectivity index (χ0n) is 6.59. The molecule has 1 aromatic heterocycles. The van der Waals surface area contributed by atoms with E-state index in [2.05, 4.69) is 10.4 Å². The van der Waals surface area contributed by atoms with Crippen LogP contribution < -0.4 is 10.3 Å². The molecular formula is C6H12N4O. The van der Waals surface area contributed by atoms with Gasteiger partial charge in [-0.05, 0) is 6.07 Å². The lowest BCUT2D eigenvalue weighted by Gasteiger charge is -2.32. The van der Waals surface area contributed by atoms with Crippen LogP contribution in [0.2, 0.25) is 0 Å². The van der Waals surface area contributed by atoms with E-state index < -0.39 is 0 Å². The van der Waals surface area contributed by atoms with Crippen molar-refractivity contribution in [2.45, 2.75) is 0 Å². The fourth-order valence-corrected chi connectivity index (χ4v) is 0.945. The van der Waals surface area contributed by atoms with Crippen molar-refractivity contribution in [2.24, 2.45) is 0 Å². The van der Waals surface area contributed by atoms with Crippen LogP contribution in [0.1, 0.15) is 0 Å². The predicted octanol–water partition coefficient (Wildman–Crippen LogP) is -1.62. The molecule has 2 unspecified atom stereocenters. The summed E-state index contributed by atoms with van der Waals surface area (Å²) < 4.78 is 0. The third-order valence-electron chi connectivity index (χ3n) is 1.41. The molecule has 0 fully saturated rings. The molecule has 0 saturated heterocycles. The van der Waals surface area contributed by atoms with Crippen LogP contribution in [-0.2, 0) is 0 Å². The SMILES string of the molecule is C[N-][NH+](c1ccc[nH]1)[NH+](C)[O-]. The lowest BCUT2D eigenvalue weighted by molar-refractivity contribution is -1.43. The zero-order chi connectivity index (χ0) is 8.27. The zero-order valence-corrected chi connectivity index (χ0v) is 6.59. The molecule has 11 heavy (non-hydrogen) atoms. The molecule has 0 radical (unpaired) electrons. The number of quaternary nitrogens is 2. The van der Waals surface area contributed by atoms with Crippen LogP contribution in [0.3, 0.4) is 0 Å². The molecule has 3 N–H and O–H groups in total. The van der Waals surface area contributed by atoms with Gasteiger partial charge in [0, 0.05) is 12.3 Å². The van der Waals surface area contributed by atoms with Gasteiger partial charge in [0.05, 0.1) is 0 Å². The highest BCUT2D eigenvalue weighted by Crippen LogP contribution is 1.91. The molecule has 0 aliphatic carbocycles. The Kier molecular flexibility index (Phi) is 2.61. The van der Waals surface area contributed by atoms with Crippen LogP contribution in [0.15, 0.2) is 18.3 Å². The number of hydrogen-bond acceptors (Lipinski definition) is 1. The summed E-state index contributed by atoms with van der Waals surface area (Å²) >= 11 is 0. The van der Waals surface area contributed by atoms with Gasteiger partial charge in [0.15, 0.2) is 0 Å². The van der Waals surface area contributed by atoms with Crippen LogP contribution >= 0.6 is 0 Å². The molecule has 5 heteroatoms. The van der Waals surface area contributed by atoms with Gasteiger partial charge in [-0.25, -0.2) is 10.3 Å². The minimum atomic E-state index is -0.0186. The Hall–Kier alpha value is -0.880. The highest BCUT2D eigenvalue weighted by atomic mass is 16.6. The molecule has 5 nitrogen and oxygen atoms in total. The van der Waals surface area contributed by atoms with E-state index in [9.17, 15) is 5.21 Å². The Labute approximate surface area is 65.1 Å². The van der Waals surface area contributed by atoms with Gasteiger partial charge >= 0.3 is 0 Å². The van der Waals surface area contributed by atoms with Crippen LogP contribution in [0.5, 0.6) is 0 Å². The van der Waals surface area contributed by atoms with Gasteiger partial charge in [0.2, 0.25) is 5.82 Å². The Morgan fingerprint density at radius 1 is 1.64 bits per heavy atom. The van der Waals surface area contributed by atoms with Gasteiger partial charge in [-0.1, -0.05) is 0 Å². The Balaban J connectivity index is 2.71. The fourth-order valence-electron chi connectivity index (χ4n) is 0.945. The van der Waals surface area contributed by atoms with Gasteiger partial charge in [0.25, 0.3) is 0 Å². The fraction of sp³-hybridized carbons (Fsp3) is 0.333. The smallest absolute Gasteiger partial charge is 0.242 e. The maximum atomic E-state index is 10.9. The Bertz CT molecular complexity index is 196. The van der Waals surface area contributed by atoms with Crippen molar-refractivity contribution in [3.63, 3.8) is 0 Å². The molecule has 1 heterocycles. The summed E-state index contributed by atoms with van der Waals surface area (Å²) in [5.74, 6) is 0.778. The molecule has 1 rings (SSSR count). The summed E-state index contributed by atoms with van der Waals surface area (Å²) in [6, 6.07) is 3.66. The number of rotatable bonds is 3. The van der Waals surface area contributed by atoms with Crippen molar-refractivity contribution in [1.29, 1.82) is 0 Å². The maximum absolute atomic E-state index is 10.9. The monoisotopic (exact) mass is 156 g/mol. The molecule has 2 atom stereocenters. The number of hydroxylamine groups is 1. The predicted molar refractivity (Wildman–Crippen MR) is 41.0 cm³/mol. The average molecular weight is 156 g/mol. The number of aromatic amines is 1. The standard InChI is InChI=1S/C6H12N4O/c1-7-10(9(2)11)6-4-3-5-8-6/h3-5,8-10H,1-2H3. The molecule has 0 aliphatic heterocycles. The van der Waals surface area contributed by atoms with Crippen LogP contribution in [0, 0.1) is 5.21 Å². The van der Waals surface area contributed by atoms with E-state index in [1.165, 1.54) is 7.05 Å². The summed E-state index contributed by atoms with van der Waals surface area (Å²) in [4.78, 5) is 2.92. The molecular weight excluding hydrogens is 144 g/mol. The quantitative estimate of drug-likeness (QED) is 0.452. The molecule has 0 amide bonds. The highest BCUT2D eigenvalue weighted by Gasteiger charge is 2.05. The first kappa shape index (κ1) is 8.22. The summed E-state index contributed by atoms with van der Waals surface area (Å²) in [5.41, 5.74) is 3.87. The van der Waals surface area contributed by atoms with Crippen LogP contribution in [0.25, 0.3) is 5.43 Å². The van der Waals surface area contributed by atoms with Crippen LogP contribution in [0.4, 0.5) is 5.82 Å². The third-order valence-corrected chi connectivity index (χ3v) is 1.41. The topological polar surface area (TPSA) is 61.8 Å². The van der Waals surface area contributed by atoms with Crippen molar-refractivity contribution >= 4 is 5.82 Å². The first-order valence-corrected chi connectivity index (χ1v) is 3.37. The number of nitrogens with zero attached hydrogens (tertiary/aromatic N) is 1. The second-order valence-electron chi connectivity index (χ2n) is 2.21. The van der Waals surface area contributed by atoms with Gasteiger partial charge < -0.3 is 15.6 Å². The summed E-state index contributed by atoms with van der Waals surface area (Å²) in [7, 11) is 3.11. The van der Waals surface area contributed by atoms with Crippen LogP contribution in [-0.4, -0.2) is 19.1 Å². The van der Waals surface area contributed by atoms with E-state index in [4.69, 9.17) is 0 Å². The molecule has 0 aliphatic rings. The number of aromatic nitrogens is 1. The van der Waals surface area contributed by atoms with Crippen molar-refractivity contribution in [2.75, 3.05) is 14.1 Å². The minimum absolute atomic E-state index is 0.0186. The Morgan fingerprint density at radius 3 is 2.73 bits per heavy atom. The third kappa shape index (κ3) is 1.78. The number of H-pyrrole nitrogens is 1. The molecule has 0 saturated carbocycles. The molecule has 0 spiro atoms. The van der Waals surface area contributed by atoms with Gasteiger partial charge in [-0.2, -0.15) is 0 Å². The first-order valence-electron chi connectivity index (χ1n) is 3.37. The van der Waals surface area contributed by atoms with E-state index in [-0.39, 0.29) is 5.17 Å². The second kappa shape index (κ2) is 3.49. The average Bonchev–Trinajstić information content (AvgIpc) is 2.40. The molecule has 0 bridgehead atoms. The van der Waals surface area contributed by atoms with E-state index in [0.29, 0.717) is 5.12 Å². The summed E-state index contributed by atoms with van der Waals surface area (Å²) in [6.45, 7) is 0. The van der Waals surface area contributed by atoms with E-state index in [0.717, 1.165) is 5.82 Å². The Morgan fingerprint density at radius 2 is 2.36 bits per heavy atom. The largest absolute Gasteiger partial charge is 0.584 e. The van der Waals surface area contributed by atoms with Gasteiger partial charge in [-0.3, -0.25) is 0 Å². The van der Waals surface area contributed by atoms with Crippen molar-refractivity contribution < 1.29 is 10.3 Å². The normalized spacial score (nSPS) is 16.3. The summed E-state index contributed by atoms with van der Waals surface area (Å²) in [5, 5.41) is 11.4. The lowest BCUT2D eigenvalue weighted by Crippen LogP contribution is -3.52. The van der Waals surface area contributed by atoms with E-state index in [1.54, 1.807) is 13.2 Å². The number of hydrogen-bond donors (Lipinski definition) is 3. The first-order chi connectivity index (χ1) is 5.25. The van der Waals surface area contributed by atoms with Gasteiger partial charge in [-0.15, -0.1) is 7.05 Å². The molecule has 62 valence electrons. The number of nitrogens with one attached hydrogen (secondary N) is 3. The van der Waals surface area contributed by atoms with Crippen molar-refractivity contribution in [1.82, 2.24) is 4.98 Å². The lowest BCUT2D eigenvalue weighted by atomic mass is 10.6. The van der Waals surface area contributed by atoms with Gasteiger partial charge in [0.1, 0.15) is 7.05 Å². The highest BCUT2D eigenvalue weighted by molar-refractivity contribution is 5.16. The second-order valence-corrected chi connectivity index (χ2v) is 2.21. The van der Waals surface area contributed by atoms with Crippen molar-refractivity contribution in [3.05, 3.63) is 29.0 Å². The maximum Gasteiger partial charge on any atom is 0.242 e. The molecule has 0 aromatic carbocycles. The van der Waals surface area contributed by atoms with Crippen molar-refractivity contribution in [3.8, 4) is 0 Å². The minimum Gasteiger partial charge on any atom is -0.584 e.